The average molecular weight is 212 g/mol. The van der Waals surface area contributed by atoms with Crippen LogP contribution in [0.5, 0.6) is 5.75 Å². The van der Waals surface area contributed by atoms with Crippen LogP contribution in [0.2, 0.25) is 0 Å². The Hall–Kier alpha value is -1.09. The van der Waals surface area contributed by atoms with Gasteiger partial charge in [-0.1, -0.05) is 0 Å². The van der Waals surface area contributed by atoms with Gasteiger partial charge in [0, 0.05) is 5.56 Å². The van der Waals surface area contributed by atoms with E-state index in [0.29, 0.717) is 24.2 Å². The smallest absolute Gasteiger partial charge is 0.130 e. The van der Waals surface area contributed by atoms with E-state index in [1.54, 1.807) is 13.0 Å². The SMILES string of the molecule is COc1cc(C)cc(F)c1CC[C@@H](C)O. The molecule has 0 saturated heterocycles. The van der Waals surface area contributed by atoms with Crippen molar-refractivity contribution in [3.8, 4) is 5.75 Å². The normalized spacial score (nSPS) is 12.6. The number of aliphatic hydroxyl groups is 1. The van der Waals surface area contributed by atoms with Gasteiger partial charge in [0.1, 0.15) is 11.6 Å². The van der Waals surface area contributed by atoms with Gasteiger partial charge in [-0.25, -0.2) is 4.39 Å². The van der Waals surface area contributed by atoms with Crippen LogP contribution in [0, 0.1) is 12.7 Å². The number of hydrogen-bond acceptors (Lipinski definition) is 2. The third-order valence-electron chi connectivity index (χ3n) is 2.33. The maximum Gasteiger partial charge on any atom is 0.130 e. The lowest BCUT2D eigenvalue weighted by Crippen LogP contribution is -2.04. The van der Waals surface area contributed by atoms with E-state index in [0.717, 1.165) is 5.56 Å². The lowest BCUT2D eigenvalue weighted by molar-refractivity contribution is 0.184. The van der Waals surface area contributed by atoms with Crippen LogP contribution in [-0.4, -0.2) is 18.3 Å². The number of halogens is 1. The fraction of sp³-hybridized carbons (Fsp3) is 0.500. The Labute approximate surface area is 89.7 Å². The highest BCUT2D eigenvalue weighted by molar-refractivity contribution is 5.38. The summed E-state index contributed by atoms with van der Waals surface area (Å²) < 4.78 is 18.7. The molecule has 1 atom stereocenters. The predicted octanol–water partition coefficient (Wildman–Crippen LogP) is 2.46. The minimum absolute atomic E-state index is 0.257. The van der Waals surface area contributed by atoms with Crippen molar-refractivity contribution in [1.29, 1.82) is 0 Å². The molecule has 0 aliphatic carbocycles. The third-order valence-corrected chi connectivity index (χ3v) is 2.33. The van der Waals surface area contributed by atoms with Crippen molar-refractivity contribution in [3.05, 3.63) is 29.1 Å². The summed E-state index contributed by atoms with van der Waals surface area (Å²) in [5.74, 6) is 0.306. The monoisotopic (exact) mass is 212 g/mol. The molecule has 15 heavy (non-hydrogen) atoms. The molecule has 2 nitrogen and oxygen atoms in total. The maximum atomic E-state index is 13.6. The van der Waals surface area contributed by atoms with E-state index in [-0.39, 0.29) is 5.82 Å². The molecule has 84 valence electrons. The summed E-state index contributed by atoms with van der Waals surface area (Å²) in [6.45, 7) is 3.52. The molecular weight excluding hydrogens is 195 g/mol. The second-order valence-electron chi connectivity index (χ2n) is 3.82. The van der Waals surface area contributed by atoms with Crippen LogP contribution in [0.15, 0.2) is 12.1 Å². The Morgan fingerprint density at radius 1 is 1.47 bits per heavy atom. The summed E-state index contributed by atoms with van der Waals surface area (Å²) in [6, 6.07) is 3.29. The van der Waals surface area contributed by atoms with Gasteiger partial charge in [0.15, 0.2) is 0 Å². The van der Waals surface area contributed by atoms with Gasteiger partial charge < -0.3 is 9.84 Å². The quantitative estimate of drug-likeness (QED) is 0.830. The standard InChI is InChI=1S/C12H17FO2/c1-8-6-11(13)10(5-4-9(2)14)12(7-8)15-3/h6-7,9,14H,4-5H2,1-3H3/t9-/m1/s1. The van der Waals surface area contributed by atoms with Crippen molar-refractivity contribution in [2.75, 3.05) is 7.11 Å². The van der Waals surface area contributed by atoms with Crippen LogP contribution in [0.1, 0.15) is 24.5 Å². The zero-order valence-electron chi connectivity index (χ0n) is 9.38. The van der Waals surface area contributed by atoms with Crippen molar-refractivity contribution in [2.24, 2.45) is 0 Å². The van der Waals surface area contributed by atoms with Crippen LogP contribution in [-0.2, 0) is 6.42 Å². The van der Waals surface area contributed by atoms with Crippen molar-refractivity contribution >= 4 is 0 Å². The molecule has 0 bridgehead atoms. The molecule has 0 heterocycles. The Morgan fingerprint density at radius 2 is 2.13 bits per heavy atom. The molecule has 0 aromatic heterocycles. The van der Waals surface area contributed by atoms with E-state index in [4.69, 9.17) is 9.84 Å². The van der Waals surface area contributed by atoms with E-state index in [2.05, 4.69) is 0 Å². The molecule has 1 rings (SSSR count). The predicted molar refractivity (Wildman–Crippen MR) is 57.7 cm³/mol. The van der Waals surface area contributed by atoms with Crippen molar-refractivity contribution in [3.63, 3.8) is 0 Å². The number of hydrogen-bond donors (Lipinski definition) is 1. The van der Waals surface area contributed by atoms with Gasteiger partial charge in [-0.15, -0.1) is 0 Å². The highest BCUT2D eigenvalue weighted by Crippen LogP contribution is 2.25. The van der Waals surface area contributed by atoms with E-state index >= 15 is 0 Å². The van der Waals surface area contributed by atoms with Gasteiger partial charge >= 0.3 is 0 Å². The molecular formula is C12H17FO2. The molecule has 0 spiro atoms. The van der Waals surface area contributed by atoms with Gasteiger partial charge in [0.05, 0.1) is 13.2 Å². The highest BCUT2D eigenvalue weighted by atomic mass is 19.1. The summed E-state index contributed by atoms with van der Waals surface area (Å²) in [4.78, 5) is 0. The van der Waals surface area contributed by atoms with E-state index < -0.39 is 6.10 Å². The lowest BCUT2D eigenvalue weighted by atomic mass is 10.0. The van der Waals surface area contributed by atoms with Crippen molar-refractivity contribution < 1.29 is 14.2 Å². The van der Waals surface area contributed by atoms with Crippen LogP contribution >= 0.6 is 0 Å². The molecule has 0 aliphatic heterocycles. The second kappa shape index (κ2) is 5.12. The van der Waals surface area contributed by atoms with Gasteiger partial charge in [-0.3, -0.25) is 0 Å². The highest BCUT2D eigenvalue weighted by Gasteiger charge is 2.11. The zero-order valence-corrected chi connectivity index (χ0v) is 9.38. The van der Waals surface area contributed by atoms with Crippen LogP contribution < -0.4 is 4.74 Å². The summed E-state index contributed by atoms with van der Waals surface area (Å²) in [7, 11) is 1.53. The molecule has 0 fully saturated rings. The van der Waals surface area contributed by atoms with E-state index in [1.165, 1.54) is 13.2 Å². The first kappa shape index (κ1) is 12.0. The second-order valence-corrected chi connectivity index (χ2v) is 3.82. The Kier molecular flexibility index (Phi) is 4.09. The fourth-order valence-corrected chi connectivity index (χ4v) is 1.52. The first-order chi connectivity index (χ1) is 7.04. The van der Waals surface area contributed by atoms with E-state index in [1.807, 2.05) is 6.92 Å². The third kappa shape index (κ3) is 3.20. The summed E-state index contributed by atoms with van der Waals surface area (Å²) in [5.41, 5.74) is 1.38. The van der Waals surface area contributed by atoms with Gasteiger partial charge in [0.25, 0.3) is 0 Å². The summed E-state index contributed by atoms with van der Waals surface area (Å²) >= 11 is 0. The maximum absolute atomic E-state index is 13.6. The average Bonchev–Trinajstić information content (AvgIpc) is 2.14. The fourth-order valence-electron chi connectivity index (χ4n) is 1.52. The molecule has 0 aliphatic rings. The molecule has 1 aromatic rings. The number of ether oxygens (including phenoxy) is 1. The first-order valence-electron chi connectivity index (χ1n) is 5.05. The molecule has 0 unspecified atom stereocenters. The first-order valence-corrected chi connectivity index (χ1v) is 5.05. The number of aliphatic hydroxyl groups excluding tert-OH is 1. The number of methoxy groups -OCH3 is 1. The Morgan fingerprint density at radius 3 is 2.67 bits per heavy atom. The summed E-state index contributed by atoms with van der Waals surface area (Å²) in [5, 5.41) is 9.16. The Balaban J connectivity index is 2.93. The van der Waals surface area contributed by atoms with Crippen LogP contribution in [0.3, 0.4) is 0 Å². The Bertz CT molecular complexity index is 335. The topological polar surface area (TPSA) is 29.5 Å². The van der Waals surface area contributed by atoms with Crippen molar-refractivity contribution in [2.45, 2.75) is 32.8 Å². The molecule has 1 aromatic carbocycles. The molecule has 1 N–H and O–H groups in total. The van der Waals surface area contributed by atoms with Crippen LogP contribution in [0.4, 0.5) is 4.39 Å². The van der Waals surface area contributed by atoms with Gasteiger partial charge in [0.2, 0.25) is 0 Å². The molecule has 3 heteroatoms. The minimum Gasteiger partial charge on any atom is -0.496 e. The number of aryl methyl sites for hydroxylation is 1. The molecule has 0 radical (unpaired) electrons. The zero-order chi connectivity index (χ0) is 11.4. The summed E-state index contributed by atoms with van der Waals surface area (Å²) in [6.07, 6.45) is 0.610. The largest absolute Gasteiger partial charge is 0.496 e. The van der Waals surface area contributed by atoms with E-state index in [9.17, 15) is 4.39 Å². The molecule has 0 saturated carbocycles. The number of rotatable bonds is 4. The van der Waals surface area contributed by atoms with Gasteiger partial charge in [-0.2, -0.15) is 0 Å². The number of benzene rings is 1. The molecule has 0 amide bonds. The van der Waals surface area contributed by atoms with Gasteiger partial charge in [-0.05, 0) is 44.4 Å². The minimum atomic E-state index is -0.421. The van der Waals surface area contributed by atoms with Crippen LogP contribution in [0.25, 0.3) is 0 Å². The lowest BCUT2D eigenvalue weighted by Gasteiger charge is -2.11. The van der Waals surface area contributed by atoms with Crippen molar-refractivity contribution in [1.82, 2.24) is 0 Å².